The molecule has 0 radical (unpaired) electrons. The monoisotopic (exact) mass is 420 g/mol. The molecule has 3 rings (SSSR count). The molecule has 2 heterocycles. The van der Waals surface area contributed by atoms with E-state index in [4.69, 9.17) is 0 Å². The van der Waals surface area contributed by atoms with Crippen LogP contribution in [0.5, 0.6) is 0 Å². The van der Waals surface area contributed by atoms with Gasteiger partial charge in [0.25, 0.3) is 0 Å². The van der Waals surface area contributed by atoms with E-state index in [2.05, 4.69) is 10.0 Å². The highest BCUT2D eigenvalue weighted by molar-refractivity contribution is 7.89. The predicted molar refractivity (Wildman–Crippen MR) is 107 cm³/mol. The number of thiophene rings is 2. The minimum absolute atomic E-state index is 0.0658. The lowest BCUT2D eigenvalue weighted by Gasteiger charge is -2.07. The van der Waals surface area contributed by atoms with Crippen molar-refractivity contribution in [3.05, 3.63) is 68.5 Å². The zero-order valence-corrected chi connectivity index (χ0v) is 16.7. The number of nitrogens with one attached hydrogen (secondary N) is 2. The predicted octanol–water partition coefficient (Wildman–Crippen LogP) is 3.48. The summed E-state index contributed by atoms with van der Waals surface area (Å²) in [5.74, 6) is -0.293. The number of carbonyl (C=O) groups is 2. The normalized spacial score (nSPS) is 11.3. The number of amides is 1. The van der Waals surface area contributed by atoms with Gasteiger partial charge in [0.05, 0.1) is 9.77 Å². The Balaban J connectivity index is 1.65. The van der Waals surface area contributed by atoms with Crippen LogP contribution in [0.15, 0.2) is 58.1 Å². The molecule has 27 heavy (non-hydrogen) atoms. The number of hydrogen-bond donors (Lipinski definition) is 2. The number of benzene rings is 1. The summed E-state index contributed by atoms with van der Waals surface area (Å²) < 4.78 is 27.3. The van der Waals surface area contributed by atoms with Crippen molar-refractivity contribution in [2.45, 2.75) is 18.4 Å². The van der Waals surface area contributed by atoms with Gasteiger partial charge in [-0.1, -0.05) is 0 Å². The van der Waals surface area contributed by atoms with Crippen molar-refractivity contribution in [2.24, 2.45) is 0 Å². The first-order valence-corrected chi connectivity index (χ1v) is 11.1. The molecule has 0 spiro atoms. The van der Waals surface area contributed by atoms with Crippen molar-refractivity contribution < 1.29 is 18.0 Å². The number of sulfonamides is 1. The highest BCUT2D eigenvalue weighted by Crippen LogP contribution is 2.22. The van der Waals surface area contributed by atoms with Crippen LogP contribution >= 0.6 is 22.7 Å². The first-order valence-electron chi connectivity index (χ1n) is 7.88. The molecule has 0 saturated carbocycles. The van der Waals surface area contributed by atoms with Gasteiger partial charge in [-0.25, -0.2) is 13.1 Å². The minimum Gasteiger partial charge on any atom is -0.326 e. The first kappa shape index (κ1) is 19.4. The van der Waals surface area contributed by atoms with Gasteiger partial charge >= 0.3 is 0 Å². The molecule has 140 valence electrons. The molecule has 0 aliphatic heterocycles. The quantitative estimate of drug-likeness (QED) is 0.573. The van der Waals surface area contributed by atoms with Crippen LogP contribution in [-0.2, 0) is 21.4 Å². The summed E-state index contributed by atoms with van der Waals surface area (Å²) in [5, 5.41) is 6.21. The van der Waals surface area contributed by atoms with E-state index in [1.54, 1.807) is 23.6 Å². The van der Waals surface area contributed by atoms with Crippen LogP contribution in [0, 0.1) is 0 Å². The Hall–Kier alpha value is -2.33. The third-order valence-electron chi connectivity index (χ3n) is 3.59. The summed E-state index contributed by atoms with van der Waals surface area (Å²) in [7, 11) is -3.70. The molecule has 2 N–H and O–H groups in total. The maximum absolute atomic E-state index is 12.4. The van der Waals surface area contributed by atoms with Crippen LogP contribution in [0.1, 0.15) is 27.0 Å². The van der Waals surface area contributed by atoms with Crippen molar-refractivity contribution in [1.29, 1.82) is 0 Å². The molecule has 0 unspecified atom stereocenters. The summed E-state index contributed by atoms with van der Waals surface area (Å²) in [6.45, 7) is 1.47. The number of carbonyl (C=O) groups excluding carboxylic acids is 2. The molecule has 3 aromatic rings. The standard InChI is InChI=1S/C18H16N2O4S3/c1-12(21)20-14-2-5-16(6-3-14)27(23,24)19-10-15-4-7-17(26-15)18(22)13-8-9-25-11-13/h2-9,11,19H,10H2,1H3,(H,20,21). The van der Waals surface area contributed by atoms with E-state index >= 15 is 0 Å². The Labute approximate surface area is 164 Å². The second-order valence-corrected chi connectivity index (χ2v) is 9.35. The van der Waals surface area contributed by atoms with Gasteiger partial charge in [0.1, 0.15) is 0 Å². The molecule has 6 nitrogen and oxygen atoms in total. The van der Waals surface area contributed by atoms with Gasteiger partial charge in [-0.3, -0.25) is 9.59 Å². The highest BCUT2D eigenvalue weighted by atomic mass is 32.2. The van der Waals surface area contributed by atoms with Gasteiger partial charge in [-0.05, 0) is 47.8 Å². The second-order valence-electron chi connectivity index (χ2n) is 5.64. The first-order chi connectivity index (χ1) is 12.8. The molecule has 2 aromatic heterocycles. The Morgan fingerprint density at radius 3 is 2.41 bits per heavy atom. The van der Waals surface area contributed by atoms with E-state index in [0.717, 1.165) is 4.88 Å². The van der Waals surface area contributed by atoms with E-state index in [0.29, 0.717) is 16.1 Å². The fourth-order valence-corrected chi connectivity index (χ4v) is 4.94. The van der Waals surface area contributed by atoms with Gasteiger partial charge in [-0.2, -0.15) is 11.3 Å². The summed E-state index contributed by atoms with van der Waals surface area (Å²) in [5.41, 5.74) is 1.16. The number of rotatable bonds is 7. The van der Waals surface area contributed by atoms with Crippen molar-refractivity contribution in [3.63, 3.8) is 0 Å². The number of ketones is 1. The zero-order chi connectivity index (χ0) is 19.4. The largest absolute Gasteiger partial charge is 0.326 e. The third-order valence-corrected chi connectivity index (χ3v) is 6.77. The van der Waals surface area contributed by atoms with E-state index in [-0.39, 0.29) is 23.1 Å². The van der Waals surface area contributed by atoms with Gasteiger partial charge in [0.15, 0.2) is 0 Å². The Morgan fingerprint density at radius 1 is 1.04 bits per heavy atom. The molecular weight excluding hydrogens is 404 g/mol. The van der Waals surface area contributed by atoms with Crippen molar-refractivity contribution >= 4 is 50.1 Å². The summed E-state index contributed by atoms with van der Waals surface area (Å²) in [6, 6.07) is 11.1. The van der Waals surface area contributed by atoms with Crippen LogP contribution in [-0.4, -0.2) is 20.1 Å². The van der Waals surface area contributed by atoms with Crippen LogP contribution in [0.4, 0.5) is 5.69 Å². The van der Waals surface area contributed by atoms with Crippen LogP contribution < -0.4 is 10.0 Å². The number of hydrogen-bond acceptors (Lipinski definition) is 6. The topological polar surface area (TPSA) is 92.3 Å². The molecule has 9 heteroatoms. The summed E-state index contributed by atoms with van der Waals surface area (Å²) in [6.07, 6.45) is 0. The fourth-order valence-electron chi connectivity index (χ4n) is 2.30. The van der Waals surface area contributed by atoms with Gasteiger partial charge in [0.2, 0.25) is 21.7 Å². The van der Waals surface area contributed by atoms with Crippen LogP contribution in [0.2, 0.25) is 0 Å². The van der Waals surface area contributed by atoms with E-state index < -0.39 is 10.0 Å². The number of anilines is 1. The molecule has 0 aliphatic carbocycles. The van der Waals surface area contributed by atoms with Gasteiger partial charge in [0, 0.05) is 35.0 Å². The molecule has 0 atom stereocenters. The van der Waals surface area contributed by atoms with Crippen molar-refractivity contribution in [3.8, 4) is 0 Å². The van der Waals surface area contributed by atoms with Gasteiger partial charge < -0.3 is 5.32 Å². The van der Waals surface area contributed by atoms with Crippen LogP contribution in [0.3, 0.4) is 0 Å². The molecule has 0 bridgehead atoms. The summed E-state index contributed by atoms with van der Waals surface area (Å²) in [4.78, 5) is 24.7. The molecule has 0 saturated heterocycles. The van der Waals surface area contributed by atoms with Crippen molar-refractivity contribution in [2.75, 3.05) is 5.32 Å². The van der Waals surface area contributed by atoms with E-state index in [1.165, 1.54) is 53.9 Å². The maximum atomic E-state index is 12.4. The average Bonchev–Trinajstić information content (AvgIpc) is 3.31. The lowest BCUT2D eigenvalue weighted by molar-refractivity contribution is -0.114. The molecule has 0 fully saturated rings. The SMILES string of the molecule is CC(=O)Nc1ccc(S(=O)(=O)NCc2ccc(C(=O)c3ccsc3)s2)cc1. The lowest BCUT2D eigenvalue weighted by Crippen LogP contribution is -2.22. The fraction of sp³-hybridized carbons (Fsp3) is 0.111. The zero-order valence-electron chi connectivity index (χ0n) is 14.3. The Kier molecular flexibility index (Phi) is 5.85. The van der Waals surface area contributed by atoms with Crippen LogP contribution in [0.25, 0.3) is 0 Å². The third kappa shape index (κ3) is 4.89. The Morgan fingerprint density at radius 2 is 1.78 bits per heavy atom. The molecule has 0 aliphatic rings. The van der Waals surface area contributed by atoms with Crippen molar-refractivity contribution in [1.82, 2.24) is 4.72 Å². The van der Waals surface area contributed by atoms with E-state index in [9.17, 15) is 18.0 Å². The Bertz CT molecular complexity index is 1050. The molecule has 1 amide bonds. The van der Waals surface area contributed by atoms with E-state index in [1.807, 2.05) is 5.38 Å². The highest BCUT2D eigenvalue weighted by Gasteiger charge is 2.16. The smallest absolute Gasteiger partial charge is 0.240 e. The van der Waals surface area contributed by atoms with Gasteiger partial charge in [-0.15, -0.1) is 11.3 Å². The molecular formula is C18H16N2O4S3. The summed E-state index contributed by atoms with van der Waals surface area (Å²) >= 11 is 2.72. The second kappa shape index (κ2) is 8.13. The average molecular weight is 421 g/mol. The lowest BCUT2D eigenvalue weighted by atomic mass is 10.2. The minimum atomic E-state index is -3.70. The maximum Gasteiger partial charge on any atom is 0.240 e. The molecule has 1 aromatic carbocycles.